The summed E-state index contributed by atoms with van der Waals surface area (Å²) in [4.78, 5) is 23.4. The number of aliphatic hydroxyl groups excluding tert-OH is 1. The Morgan fingerprint density at radius 1 is 1.36 bits per heavy atom. The Bertz CT molecular complexity index is 721. The molecule has 6 nitrogen and oxygen atoms in total. The van der Waals surface area contributed by atoms with E-state index in [-0.39, 0.29) is 24.6 Å². The minimum atomic E-state index is -0.873. The molecule has 28 heavy (non-hydrogen) atoms. The Kier molecular flexibility index (Phi) is 6.10. The van der Waals surface area contributed by atoms with Crippen LogP contribution in [-0.2, 0) is 23.8 Å². The number of carbonyl (C=O) groups is 2. The van der Waals surface area contributed by atoms with Gasteiger partial charge in [0.05, 0.1) is 6.10 Å². The molecule has 6 heteroatoms. The van der Waals surface area contributed by atoms with Gasteiger partial charge in [-0.25, -0.2) is 4.79 Å². The first-order chi connectivity index (χ1) is 13.2. The second kappa shape index (κ2) is 8.21. The topological polar surface area (TPSA) is 85.4 Å². The Balaban J connectivity index is 1.85. The minimum absolute atomic E-state index is 0.168. The average Bonchev–Trinajstić information content (AvgIpc) is 3.25. The number of esters is 2. The van der Waals surface area contributed by atoms with Crippen LogP contribution < -0.4 is 0 Å². The van der Waals surface area contributed by atoms with Crippen LogP contribution in [0.5, 0.6) is 0 Å². The lowest BCUT2D eigenvalue weighted by molar-refractivity contribution is -0.143. The van der Waals surface area contributed by atoms with E-state index in [0.29, 0.717) is 12.0 Å². The third-order valence-corrected chi connectivity index (χ3v) is 6.09. The third kappa shape index (κ3) is 4.39. The Labute approximate surface area is 166 Å². The minimum Gasteiger partial charge on any atom is -0.463 e. The zero-order valence-electron chi connectivity index (χ0n) is 16.9. The quantitative estimate of drug-likeness (QED) is 0.338. The highest BCUT2D eigenvalue weighted by Crippen LogP contribution is 2.48. The fraction of sp³-hybridized carbons (Fsp3) is 0.636. The molecule has 2 aliphatic heterocycles. The molecule has 0 aromatic rings. The maximum absolute atomic E-state index is 12.1. The Morgan fingerprint density at radius 2 is 2.11 bits per heavy atom. The summed E-state index contributed by atoms with van der Waals surface area (Å²) in [6.45, 7) is 9.42. The number of carbonyl (C=O) groups excluding carboxylic acids is 2. The first-order valence-corrected chi connectivity index (χ1v) is 9.95. The number of fused-ring (bicyclic) bond motifs is 2. The molecule has 1 N–H and O–H groups in total. The van der Waals surface area contributed by atoms with Gasteiger partial charge in [-0.05, 0) is 51.5 Å². The highest BCUT2D eigenvalue weighted by molar-refractivity contribution is 5.91. The van der Waals surface area contributed by atoms with Crippen LogP contribution in [0, 0.1) is 5.92 Å². The van der Waals surface area contributed by atoms with Gasteiger partial charge in [0.2, 0.25) is 0 Å². The van der Waals surface area contributed by atoms with Crippen molar-refractivity contribution in [2.45, 2.75) is 76.8 Å². The van der Waals surface area contributed by atoms with Crippen LogP contribution in [0.15, 0.2) is 35.5 Å². The molecule has 0 saturated carbocycles. The van der Waals surface area contributed by atoms with E-state index in [1.165, 1.54) is 12.5 Å². The van der Waals surface area contributed by atoms with Crippen LogP contribution in [0.25, 0.3) is 0 Å². The first kappa shape index (κ1) is 20.8. The van der Waals surface area contributed by atoms with E-state index in [4.69, 9.17) is 14.2 Å². The number of rotatable bonds is 2. The van der Waals surface area contributed by atoms with E-state index in [1.54, 1.807) is 0 Å². The molecule has 154 valence electrons. The Morgan fingerprint density at radius 3 is 2.82 bits per heavy atom. The summed E-state index contributed by atoms with van der Waals surface area (Å²) >= 11 is 0. The molecule has 3 aliphatic rings. The number of hydrogen-bond donors (Lipinski definition) is 1. The van der Waals surface area contributed by atoms with Crippen molar-refractivity contribution in [3.05, 3.63) is 35.5 Å². The highest BCUT2D eigenvalue weighted by Gasteiger charge is 2.59. The van der Waals surface area contributed by atoms with Gasteiger partial charge in [-0.1, -0.05) is 24.3 Å². The molecule has 5 atom stereocenters. The number of hydrogen-bond acceptors (Lipinski definition) is 6. The highest BCUT2D eigenvalue weighted by atomic mass is 16.6. The van der Waals surface area contributed by atoms with Gasteiger partial charge in [-0.15, -0.1) is 0 Å². The molecule has 1 aliphatic carbocycles. The van der Waals surface area contributed by atoms with Crippen molar-refractivity contribution in [1.29, 1.82) is 0 Å². The van der Waals surface area contributed by atoms with E-state index < -0.39 is 23.8 Å². The zero-order chi connectivity index (χ0) is 20.5. The predicted octanol–water partition coefficient (Wildman–Crippen LogP) is 3.00. The van der Waals surface area contributed by atoms with Crippen LogP contribution in [0.1, 0.15) is 52.9 Å². The molecule has 2 unspecified atom stereocenters. The molecule has 3 rings (SSSR count). The third-order valence-electron chi connectivity index (χ3n) is 6.09. The monoisotopic (exact) mass is 390 g/mol. The van der Waals surface area contributed by atoms with E-state index in [9.17, 15) is 14.7 Å². The van der Waals surface area contributed by atoms with E-state index in [2.05, 4.69) is 19.6 Å². The summed E-state index contributed by atoms with van der Waals surface area (Å²) in [6.07, 6.45) is 6.29. The molecule has 2 saturated heterocycles. The van der Waals surface area contributed by atoms with Crippen LogP contribution in [0.2, 0.25) is 0 Å². The van der Waals surface area contributed by atoms with Crippen LogP contribution in [0.4, 0.5) is 0 Å². The molecule has 0 bridgehead atoms. The largest absolute Gasteiger partial charge is 0.463 e. The number of ether oxygens (including phenoxy) is 3. The smallest absolute Gasteiger partial charge is 0.334 e. The van der Waals surface area contributed by atoms with Gasteiger partial charge >= 0.3 is 11.9 Å². The van der Waals surface area contributed by atoms with Gasteiger partial charge in [0.15, 0.2) is 0 Å². The standard InChI is InChI=1S/C22H30O6/c1-13-7-5-9-14(2)19(24)20-17(15(3)21(25)27-20)11-18-22(28-18,10-6-8-13)12-26-16(4)23/h8-9,17-20,24H,3,5-7,10-12H2,1-2,4H3/b13-8+,14-9+/t17-,18?,19+,20?,22+/m0/s1. The number of allylic oxidation sites excluding steroid dienone is 3. The molecule has 2 fully saturated rings. The van der Waals surface area contributed by atoms with Crippen molar-refractivity contribution >= 4 is 11.9 Å². The van der Waals surface area contributed by atoms with Gasteiger partial charge < -0.3 is 19.3 Å². The van der Waals surface area contributed by atoms with Crippen molar-refractivity contribution in [3.8, 4) is 0 Å². The predicted molar refractivity (Wildman–Crippen MR) is 103 cm³/mol. The number of aliphatic hydroxyl groups is 1. The maximum Gasteiger partial charge on any atom is 0.334 e. The zero-order valence-corrected chi connectivity index (χ0v) is 16.9. The van der Waals surface area contributed by atoms with Crippen molar-refractivity contribution in [3.63, 3.8) is 0 Å². The molecule has 0 amide bonds. The lowest BCUT2D eigenvalue weighted by atomic mass is 9.84. The summed E-state index contributed by atoms with van der Waals surface area (Å²) < 4.78 is 16.7. The lowest BCUT2D eigenvalue weighted by Crippen LogP contribution is -2.34. The fourth-order valence-electron chi connectivity index (χ4n) is 4.15. The van der Waals surface area contributed by atoms with Gasteiger partial charge in [-0.3, -0.25) is 4.79 Å². The second-order valence-electron chi connectivity index (χ2n) is 8.21. The van der Waals surface area contributed by atoms with Gasteiger partial charge in [0.1, 0.15) is 24.4 Å². The molecule has 0 aromatic carbocycles. The van der Waals surface area contributed by atoms with E-state index in [1.807, 2.05) is 13.0 Å². The van der Waals surface area contributed by atoms with Crippen molar-refractivity contribution in [2.75, 3.05) is 6.61 Å². The van der Waals surface area contributed by atoms with Crippen LogP contribution >= 0.6 is 0 Å². The number of epoxide rings is 1. The molecule has 0 spiro atoms. The normalized spacial score (nSPS) is 40.0. The van der Waals surface area contributed by atoms with Gasteiger partial charge in [-0.2, -0.15) is 0 Å². The summed E-state index contributed by atoms with van der Waals surface area (Å²) in [5, 5.41) is 10.8. The average molecular weight is 390 g/mol. The van der Waals surface area contributed by atoms with Crippen LogP contribution in [-0.4, -0.2) is 47.6 Å². The maximum atomic E-state index is 12.1. The van der Waals surface area contributed by atoms with Gasteiger partial charge in [0.25, 0.3) is 0 Å². The fourth-order valence-corrected chi connectivity index (χ4v) is 4.15. The summed E-state index contributed by atoms with van der Waals surface area (Å²) in [7, 11) is 0. The van der Waals surface area contributed by atoms with Crippen molar-refractivity contribution in [2.24, 2.45) is 5.92 Å². The summed E-state index contributed by atoms with van der Waals surface area (Å²) in [6, 6.07) is 0. The SMILES string of the molecule is C=C1C(=O)OC2[C@H](O)/C(C)=C/CC/C(C)=C/CC[C@]3(COC(C)=O)OC3C[C@@H]12. The summed E-state index contributed by atoms with van der Waals surface area (Å²) in [5.41, 5.74) is 1.90. The summed E-state index contributed by atoms with van der Waals surface area (Å²) in [5.74, 6) is -1.13. The molecule has 0 aromatic heterocycles. The van der Waals surface area contributed by atoms with Gasteiger partial charge in [0, 0.05) is 18.4 Å². The van der Waals surface area contributed by atoms with Crippen LogP contribution in [0.3, 0.4) is 0 Å². The second-order valence-corrected chi connectivity index (χ2v) is 8.21. The molecule has 2 heterocycles. The Hall–Kier alpha value is -1.92. The van der Waals surface area contributed by atoms with E-state index in [0.717, 1.165) is 31.3 Å². The van der Waals surface area contributed by atoms with Crippen molar-refractivity contribution < 1.29 is 28.9 Å². The lowest BCUT2D eigenvalue weighted by Gasteiger charge is -2.24. The van der Waals surface area contributed by atoms with E-state index >= 15 is 0 Å². The van der Waals surface area contributed by atoms with Crippen molar-refractivity contribution in [1.82, 2.24) is 0 Å². The molecular formula is C22H30O6. The molecule has 0 radical (unpaired) electrons. The molecular weight excluding hydrogens is 360 g/mol. The first-order valence-electron chi connectivity index (χ1n) is 9.95.